The maximum absolute atomic E-state index is 14.5. The van der Waals surface area contributed by atoms with Gasteiger partial charge in [0, 0.05) is 35.7 Å². The molecule has 28 heavy (non-hydrogen) atoms. The number of nitrogens with one attached hydrogen (secondary N) is 1. The van der Waals surface area contributed by atoms with E-state index in [9.17, 15) is 18.7 Å². The van der Waals surface area contributed by atoms with Gasteiger partial charge < -0.3 is 15.0 Å². The van der Waals surface area contributed by atoms with Gasteiger partial charge in [0.2, 0.25) is 5.95 Å². The molecule has 2 N–H and O–H groups in total. The van der Waals surface area contributed by atoms with Gasteiger partial charge in [-0.25, -0.2) is 9.97 Å². The van der Waals surface area contributed by atoms with Gasteiger partial charge in [-0.1, -0.05) is 6.07 Å². The van der Waals surface area contributed by atoms with Crippen LogP contribution < -0.4 is 10.5 Å². The summed E-state index contributed by atoms with van der Waals surface area (Å²) in [5.41, 5.74) is 1.16. The van der Waals surface area contributed by atoms with Crippen molar-refractivity contribution in [2.45, 2.75) is 37.8 Å². The molecule has 6 nitrogen and oxygen atoms in total. The Kier molecular flexibility index (Phi) is 3.58. The molecular formula is C20H18F2N4O2. The number of H-pyrrole nitrogens is 1. The van der Waals surface area contributed by atoms with Crippen molar-refractivity contribution in [2.24, 2.45) is 0 Å². The molecule has 5 rings (SSSR count). The van der Waals surface area contributed by atoms with Crippen molar-refractivity contribution >= 4 is 16.7 Å². The molecule has 3 heterocycles. The van der Waals surface area contributed by atoms with Crippen LogP contribution >= 0.6 is 0 Å². The van der Waals surface area contributed by atoms with Crippen LogP contribution in [0, 0.1) is 0 Å². The zero-order chi connectivity index (χ0) is 19.6. The van der Waals surface area contributed by atoms with Crippen LogP contribution in [0.15, 0.2) is 35.3 Å². The van der Waals surface area contributed by atoms with Crippen LogP contribution in [0.5, 0.6) is 0 Å². The lowest BCUT2D eigenvalue weighted by molar-refractivity contribution is -0.00603. The second-order valence-electron chi connectivity index (χ2n) is 7.47. The molecule has 3 aromatic rings. The summed E-state index contributed by atoms with van der Waals surface area (Å²) in [5.74, 6) is -2.79. The fourth-order valence-corrected chi connectivity index (χ4v) is 3.97. The van der Waals surface area contributed by atoms with Crippen LogP contribution in [-0.2, 0) is 12.3 Å². The van der Waals surface area contributed by atoms with Gasteiger partial charge in [0.05, 0.1) is 17.8 Å². The molecule has 0 spiro atoms. The van der Waals surface area contributed by atoms with Gasteiger partial charge in [-0.15, -0.1) is 0 Å². The van der Waals surface area contributed by atoms with Crippen molar-refractivity contribution in [1.82, 2.24) is 15.0 Å². The topological polar surface area (TPSA) is 82.1 Å². The Balaban J connectivity index is 1.71. The summed E-state index contributed by atoms with van der Waals surface area (Å²) in [6, 6.07) is 6.75. The summed E-state index contributed by atoms with van der Waals surface area (Å²) in [6.45, 7) is 2.13. The first-order chi connectivity index (χ1) is 13.3. The van der Waals surface area contributed by atoms with E-state index in [0.717, 1.165) is 0 Å². The average molecular weight is 384 g/mol. The molecule has 0 radical (unpaired) electrons. The van der Waals surface area contributed by atoms with Gasteiger partial charge in [0.1, 0.15) is 5.69 Å². The van der Waals surface area contributed by atoms with Crippen molar-refractivity contribution in [3.05, 3.63) is 52.1 Å². The van der Waals surface area contributed by atoms with Crippen LogP contribution in [0.4, 0.5) is 14.7 Å². The summed E-state index contributed by atoms with van der Waals surface area (Å²) < 4.78 is 28.9. The fourth-order valence-electron chi connectivity index (χ4n) is 3.97. The Morgan fingerprint density at radius 3 is 2.86 bits per heavy atom. The molecule has 2 atom stereocenters. The molecule has 2 aliphatic rings. The number of aliphatic hydroxyl groups is 1. The average Bonchev–Trinajstić information content (AvgIpc) is 3.00. The lowest BCUT2D eigenvalue weighted by atomic mass is 10.0. The van der Waals surface area contributed by atoms with E-state index < -0.39 is 12.0 Å². The largest absolute Gasteiger partial charge is 0.389 e. The van der Waals surface area contributed by atoms with Crippen molar-refractivity contribution in [3.63, 3.8) is 0 Å². The first kappa shape index (κ1) is 17.2. The number of hydrogen-bond acceptors (Lipinski definition) is 5. The van der Waals surface area contributed by atoms with Crippen molar-refractivity contribution in [2.75, 3.05) is 11.4 Å². The van der Waals surface area contributed by atoms with Crippen molar-refractivity contribution < 1.29 is 13.9 Å². The number of pyridine rings is 1. The lowest BCUT2D eigenvalue weighted by Gasteiger charge is -2.43. The molecule has 0 amide bonds. The Hall–Kier alpha value is -2.87. The number of aromatic amines is 1. The molecule has 0 bridgehead atoms. The molecule has 8 heteroatoms. The number of anilines is 1. The van der Waals surface area contributed by atoms with Crippen LogP contribution in [0.25, 0.3) is 22.0 Å². The summed E-state index contributed by atoms with van der Waals surface area (Å²) in [7, 11) is 0. The predicted molar refractivity (Wildman–Crippen MR) is 101 cm³/mol. The minimum absolute atomic E-state index is 0.198. The highest BCUT2D eigenvalue weighted by Gasteiger charge is 2.45. The monoisotopic (exact) mass is 384 g/mol. The number of nitrogens with zero attached hydrogens (tertiary/aromatic N) is 3. The van der Waals surface area contributed by atoms with Crippen molar-refractivity contribution in [1.29, 1.82) is 0 Å². The molecule has 144 valence electrons. The normalized spacial score (nSPS) is 22.9. The first-order valence-electron chi connectivity index (χ1n) is 9.21. The van der Waals surface area contributed by atoms with E-state index in [1.165, 1.54) is 0 Å². The minimum Gasteiger partial charge on any atom is -0.389 e. The molecule has 1 aliphatic heterocycles. The number of aliphatic hydroxyl groups excluding tert-OH is 1. The number of aromatic nitrogens is 3. The van der Waals surface area contributed by atoms with Crippen LogP contribution in [0.2, 0.25) is 0 Å². The summed E-state index contributed by atoms with van der Waals surface area (Å²) in [6.07, 6.45) is 0.942. The third-order valence-corrected chi connectivity index (χ3v) is 5.77. The molecule has 1 aliphatic carbocycles. The second-order valence-corrected chi connectivity index (χ2v) is 7.47. The summed E-state index contributed by atoms with van der Waals surface area (Å²) in [4.78, 5) is 25.1. The van der Waals surface area contributed by atoms with Gasteiger partial charge in [0.25, 0.3) is 11.5 Å². The first-order valence-corrected chi connectivity index (χ1v) is 9.21. The van der Waals surface area contributed by atoms with Gasteiger partial charge in [0.15, 0.2) is 0 Å². The number of fused-ring (bicyclic) bond motifs is 2. The second kappa shape index (κ2) is 5.81. The van der Waals surface area contributed by atoms with E-state index in [1.807, 2.05) is 6.92 Å². The van der Waals surface area contributed by atoms with Crippen molar-refractivity contribution in [3.8, 4) is 11.3 Å². The van der Waals surface area contributed by atoms with E-state index in [1.54, 1.807) is 35.4 Å². The molecule has 2 aromatic heterocycles. The maximum Gasteiger partial charge on any atom is 0.290 e. The Bertz CT molecular complexity index is 1160. The zero-order valence-electron chi connectivity index (χ0n) is 15.1. The third kappa shape index (κ3) is 2.44. The molecule has 1 fully saturated rings. The van der Waals surface area contributed by atoms with Gasteiger partial charge >= 0.3 is 0 Å². The summed E-state index contributed by atoms with van der Waals surface area (Å²) >= 11 is 0. The summed E-state index contributed by atoms with van der Waals surface area (Å²) in [5, 5.41) is 11.0. The van der Waals surface area contributed by atoms with Gasteiger partial charge in [-0.2, -0.15) is 8.78 Å². The molecule has 1 saturated heterocycles. The molecule has 0 unspecified atom stereocenters. The Morgan fingerprint density at radius 2 is 2.11 bits per heavy atom. The number of hydrogen-bond donors (Lipinski definition) is 2. The van der Waals surface area contributed by atoms with Crippen LogP contribution in [0.3, 0.4) is 0 Å². The predicted octanol–water partition coefficient (Wildman–Crippen LogP) is 2.59. The minimum atomic E-state index is -3.00. The number of benzene rings is 1. The Morgan fingerprint density at radius 1 is 1.29 bits per heavy atom. The van der Waals surface area contributed by atoms with Crippen LogP contribution in [0.1, 0.15) is 24.6 Å². The Labute approximate surface area is 158 Å². The van der Waals surface area contributed by atoms with Gasteiger partial charge in [-0.05, 0) is 36.9 Å². The fraction of sp³-hybridized carbons (Fsp3) is 0.350. The zero-order valence-corrected chi connectivity index (χ0v) is 15.1. The van der Waals surface area contributed by atoms with E-state index in [4.69, 9.17) is 0 Å². The van der Waals surface area contributed by atoms with Crippen LogP contribution in [-0.4, -0.2) is 38.7 Å². The van der Waals surface area contributed by atoms with E-state index >= 15 is 0 Å². The standard InChI is InChI=1S/C20H18F2N4O2/c1-10-15(27)9-26(10)19-24-16(14-4-6-20(21,22)17(14)25-19)12-2-3-13-11(8-12)5-7-23-18(13)28/h2-3,5,7-8,10,15,27H,4,6,9H2,1H3,(H,23,28)/t10-,15+/m0/s1. The number of alkyl halides is 2. The highest BCUT2D eigenvalue weighted by molar-refractivity contribution is 5.86. The maximum atomic E-state index is 14.5. The van der Waals surface area contributed by atoms with E-state index in [2.05, 4.69) is 15.0 Å². The molecule has 1 aromatic carbocycles. The number of rotatable bonds is 2. The number of halogens is 2. The highest BCUT2D eigenvalue weighted by atomic mass is 19.3. The SMILES string of the molecule is C[C@H]1[C@H](O)CN1c1nc(-c2ccc3c(=O)[nH]ccc3c2)c2c(n1)C(F)(F)CC2. The van der Waals surface area contributed by atoms with E-state index in [0.29, 0.717) is 34.1 Å². The smallest absolute Gasteiger partial charge is 0.290 e. The third-order valence-electron chi connectivity index (χ3n) is 5.77. The molecular weight excluding hydrogens is 366 g/mol. The quantitative estimate of drug-likeness (QED) is 0.710. The highest BCUT2D eigenvalue weighted by Crippen LogP contribution is 2.45. The van der Waals surface area contributed by atoms with Gasteiger partial charge in [-0.3, -0.25) is 4.79 Å². The molecule has 0 saturated carbocycles. The lowest BCUT2D eigenvalue weighted by Crippen LogP contribution is -2.59. The number of β-amino-alcohol motifs (C(OH)–C–C–N with tert-alkyl or cyclic N) is 1. The van der Waals surface area contributed by atoms with E-state index in [-0.39, 0.29) is 36.1 Å².